The quantitative estimate of drug-likeness (QED) is 0.425. The maximum atomic E-state index is 5.45. The molecule has 0 atom stereocenters. The van der Waals surface area contributed by atoms with Crippen LogP contribution in [0.3, 0.4) is 0 Å². The van der Waals surface area contributed by atoms with Crippen LogP contribution in [0.25, 0.3) is 0 Å². The summed E-state index contributed by atoms with van der Waals surface area (Å²) in [6.45, 7) is 0. The van der Waals surface area contributed by atoms with Crippen LogP contribution in [0.5, 0.6) is 0 Å². The zero-order valence-corrected chi connectivity index (χ0v) is 5.87. The molecule has 1 aliphatic rings. The lowest BCUT2D eigenvalue weighted by Crippen LogP contribution is -1.98. The third kappa shape index (κ3) is 1.01. The number of hydrogen-bond donors (Lipinski definition) is 0. The van der Waals surface area contributed by atoms with Gasteiger partial charge in [0.05, 0.1) is 7.85 Å². The van der Waals surface area contributed by atoms with Crippen LogP contribution in [0.4, 0.5) is 0 Å². The molecule has 0 aromatic carbocycles. The molecule has 1 saturated carbocycles. The van der Waals surface area contributed by atoms with E-state index in [9.17, 15) is 0 Å². The van der Waals surface area contributed by atoms with Crippen LogP contribution in [0.2, 0.25) is 6.32 Å². The fraction of sp³-hybridized carbons (Fsp3) is 1.00. The summed E-state index contributed by atoms with van der Waals surface area (Å²) in [6, 6.07) is 0. The van der Waals surface area contributed by atoms with Crippen molar-refractivity contribution >= 4 is 23.8 Å². The highest BCUT2D eigenvalue weighted by Crippen LogP contribution is 2.49. The van der Waals surface area contributed by atoms with Gasteiger partial charge in [-0.3, -0.25) is 0 Å². The Hall–Kier alpha value is 0.545. The summed E-state index contributed by atoms with van der Waals surface area (Å²) in [5, 5.41) is 1.09. The Morgan fingerprint density at radius 1 is 1.57 bits per heavy atom. The molecule has 1 aliphatic carbocycles. The Bertz CT molecular complexity index is 62.5. The maximum Gasteiger partial charge on any atom is 0.0660 e. The van der Waals surface area contributed by atoms with Gasteiger partial charge in [-0.05, 0) is 18.3 Å². The van der Waals surface area contributed by atoms with E-state index < -0.39 is 0 Å². The summed E-state index contributed by atoms with van der Waals surface area (Å²) in [5.74, 6) is 0. The molecule has 0 aliphatic heterocycles. The van der Waals surface area contributed by atoms with Crippen LogP contribution >= 0.6 is 15.9 Å². The van der Waals surface area contributed by atoms with Crippen molar-refractivity contribution in [1.29, 1.82) is 0 Å². The van der Waals surface area contributed by atoms with Gasteiger partial charge in [-0.2, -0.15) is 0 Å². The molecule has 0 heterocycles. The van der Waals surface area contributed by atoms with E-state index in [1.807, 2.05) is 0 Å². The summed E-state index contributed by atoms with van der Waals surface area (Å²) >= 11 is 3.41. The predicted molar refractivity (Wildman–Crippen MR) is 36.0 cm³/mol. The number of rotatable bonds is 2. The summed E-state index contributed by atoms with van der Waals surface area (Å²) < 4.78 is 0. The lowest BCUT2D eigenvalue weighted by molar-refractivity contribution is 0.671. The van der Waals surface area contributed by atoms with Crippen LogP contribution in [-0.4, -0.2) is 13.2 Å². The molecule has 38 valence electrons. The van der Waals surface area contributed by atoms with Gasteiger partial charge in [0.1, 0.15) is 0 Å². The fourth-order valence-electron chi connectivity index (χ4n) is 0.569. The van der Waals surface area contributed by atoms with Crippen molar-refractivity contribution in [3.63, 3.8) is 0 Å². The minimum absolute atomic E-state index is 0.528. The molecule has 0 spiro atoms. The monoisotopic (exact) mass is 158 g/mol. The van der Waals surface area contributed by atoms with E-state index in [4.69, 9.17) is 7.85 Å². The molecule has 0 bridgehead atoms. The van der Waals surface area contributed by atoms with Crippen LogP contribution in [0.1, 0.15) is 12.8 Å². The van der Waals surface area contributed by atoms with E-state index in [2.05, 4.69) is 15.9 Å². The largest absolute Gasteiger partial charge is 0.0922 e. The van der Waals surface area contributed by atoms with Crippen molar-refractivity contribution in [3.8, 4) is 0 Å². The lowest BCUT2D eigenvalue weighted by Gasteiger charge is -2.03. The van der Waals surface area contributed by atoms with Gasteiger partial charge in [0.25, 0.3) is 0 Å². The molecule has 0 nitrogen and oxygen atoms in total. The molecule has 0 aromatic rings. The molecule has 0 N–H and O–H groups in total. The molecule has 0 unspecified atom stereocenters. The number of alkyl halides is 1. The normalized spacial score (nSPS) is 24.7. The highest BCUT2D eigenvalue weighted by molar-refractivity contribution is 9.09. The zero-order valence-electron chi connectivity index (χ0n) is 4.28. The Morgan fingerprint density at radius 3 is 2.14 bits per heavy atom. The Balaban J connectivity index is 2.28. The molecular formula is C5H8BBr. The SMILES string of the molecule is [B]CC1(CBr)CC1. The minimum Gasteiger partial charge on any atom is -0.0922 e. The fourth-order valence-corrected chi connectivity index (χ4v) is 1.36. The van der Waals surface area contributed by atoms with Crippen LogP contribution in [-0.2, 0) is 0 Å². The Kier molecular flexibility index (Phi) is 1.47. The Labute approximate surface area is 54.2 Å². The van der Waals surface area contributed by atoms with Gasteiger partial charge in [-0.25, -0.2) is 0 Å². The topological polar surface area (TPSA) is 0 Å². The third-order valence-electron chi connectivity index (χ3n) is 1.67. The second-order valence-corrected chi connectivity index (χ2v) is 2.90. The first-order valence-corrected chi connectivity index (χ1v) is 3.71. The van der Waals surface area contributed by atoms with Crippen molar-refractivity contribution in [2.45, 2.75) is 19.2 Å². The van der Waals surface area contributed by atoms with Gasteiger partial charge in [0, 0.05) is 5.33 Å². The van der Waals surface area contributed by atoms with E-state index >= 15 is 0 Å². The molecule has 2 radical (unpaired) electrons. The lowest BCUT2D eigenvalue weighted by atomic mass is 9.90. The zero-order chi connectivity index (χ0) is 5.33. The summed E-state index contributed by atoms with van der Waals surface area (Å²) in [4.78, 5) is 0. The van der Waals surface area contributed by atoms with Gasteiger partial charge in [0.15, 0.2) is 0 Å². The van der Waals surface area contributed by atoms with Gasteiger partial charge in [-0.1, -0.05) is 22.3 Å². The smallest absolute Gasteiger partial charge is 0.0660 e. The molecule has 1 rings (SSSR count). The van der Waals surface area contributed by atoms with Crippen LogP contribution < -0.4 is 0 Å². The predicted octanol–water partition coefficient (Wildman–Crippen LogP) is 1.75. The van der Waals surface area contributed by atoms with E-state index in [0.717, 1.165) is 11.7 Å². The van der Waals surface area contributed by atoms with Crippen molar-refractivity contribution in [1.82, 2.24) is 0 Å². The molecule has 7 heavy (non-hydrogen) atoms. The van der Waals surface area contributed by atoms with Gasteiger partial charge >= 0.3 is 0 Å². The highest BCUT2D eigenvalue weighted by atomic mass is 79.9. The average molecular weight is 159 g/mol. The van der Waals surface area contributed by atoms with Gasteiger partial charge in [0.2, 0.25) is 0 Å². The highest BCUT2D eigenvalue weighted by Gasteiger charge is 2.38. The standard InChI is InChI=1S/C5H8BBr/c6-3-5(4-7)1-2-5/h1-4H2. The molecule has 0 aromatic heterocycles. The van der Waals surface area contributed by atoms with E-state index in [-0.39, 0.29) is 0 Å². The van der Waals surface area contributed by atoms with Gasteiger partial charge in [-0.15, -0.1) is 0 Å². The van der Waals surface area contributed by atoms with Crippen LogP contribution in [0.15, 0.2) is 0 Å². The second kappa shape index (κ2) is 1.81. The molecule has 0 saturated heterocycles. The van der Waals surface area contributed by atoms with Crippen LogP contribution in [0, 0.1) is 5.41 Å². The van der Waals surface area contributed by atoms with E-state index in [1.54, 1.807) is 0 Å². The Morgan fingerprint density at radius 2 is 2.14 bits per heavy atom. The first-order chi connectivity index (χ1) is 3.33. The summed E-state index contributed by atoms with van der Waals surface area (Å²) in [6.07, 6.45) is 3.52. The van der Waals surface area contributed by atoms with Crippen molar-refractivity contribution in [2.75, 3.05) is 5.33 Å². The minimum atomic E-state index is 0.528. The first-order valence-electron chi connectivity index (χ1n) is 2.59. The first kappa shape index (κ1) is 5.68. The third-order valence-corrected chi connectivity index (χ3v) is 2.86. The second-order valence-electron chi connectivity index (χ2n) is 2.34. The van der Waals surface area contributed by atoms with E-state index in [1.165, 1.54) is 12.8 Å². The molecular weight excluding hydrogens is 151 g/mol. The van der Waals surface area contributed by atoms with Crippen molar-refractivity contribution in [3.05, 3.63) is 0 Å². The summed E-state index contributed by atoms with van der Waals surface area (Å²) in [7, 11) is 5.45. The van der Waals surface area contributed by atoms with E-state index in [0.29, 0.717) is 5.41 Å². The molecule has 2 heteroatoms. The van der Waals surface area contributed by atoms with Gasteiger partial charge < -0.3 is 0 Å². The molecule has 0 amide bonds. The van der Waals surface area contributed by atoms with Crippen molar-refractivity contribution < 1.29 is 0 Å². The molecule has 1 fully saturated rings. The number of hydrogen-bond acceptors (Lipinski definition) is 0. The maximum absolute atomic E-state index is 5.45. The number of halogens is 1. The average Bonchev–Trinajstić information content (AvgIpc) is 2.46. The van der Waals surface area contributed by atoms with Crippen molar-refractivity contribution in [2.24, 2.45) is 5.41 Å². The summed E-state index contributed by atoms with van der Waals surface area (Å²) in [5.41, 5.74) is 0.528.